The van der Waals surface area contributed by atoms with Crippen molar-refractivity contribution in [1.29, 1.82) is 0 Å². The maximum Gasteiger partial charge on any atom is 0.0607 e. The van der Waals surface area contributed by atoms with Gasteiger partial charge < -0.3 is 15.5 Å². The van der Waals surface area contributed by atoms with E-state index in [0.717, 1.165) is 17.0 Å². The van der Waals surface area contributed by atoms with Crippen molar-refractivity contribution in [2.75, 3.05) is 30.8 Å². The molecule has 0 spiro atoms. The van der Waals surface area contributed by atoms with Crippen molar-refractivity contribution in [3.63, 3.8) is 0 Å². The maximum absolute atomic E-state index is 9.43. The van der Waals surface area contributed by atoms with Crippen LogP contribution in [0.2, 0.25) is 0 Å². The molecule has 1 aromatic carbocycles. The van der Waals surface area contributed by atoms with E-state index in [1.54, 1.807) is 11.8 Å². The molecule has 4 heteroatoms. The highest BCUT2D eigenvalue weighted by Gasteiger charge is 2.37. The number of aliphatic hydroxyl groups excluding tert-OH is 2. The molecule has 0 radical (unpaired) electrons. The first kappa shape index (κ1) is 11.8. The van der Waals surface area contributed by atoms with E-state index in [1.807, 2.05) is 6.07 Å². The van der Waals surface area contributed by atoms with Gasteiger partial charge in [-0.1, -0.05) is 13.0 Å². The van der Waals surface area contributed by atoms with Crippen LogP contribution in [0, 0.1) is 0 Å². The summed E-state index contributed by atoms with van der Waals surface area (Å²) < 4.78 is 0. The van der Waals surface area contributed by atoms with E-state index >= 15 is 0 Å². The molecule has 0 fully saturated rings. The molecule has 1 aromatic rings. The molecule has 0 bridgehead atoms. The van der Waals surface area contributed by atoms with E-state index in [2.05, 4.69) is 24.4 Å². The standard InChI is InChI=1S/C12H17NO2S/c1-2-16-9-3-4-10-11(5-9)13-6-12(10,7-14)8-15/h3-5,13-15H,2,6-8H2,1H3. The summed E-state index contributed by atoms with van der Waals surface area (Å²) in [6.45, 7) is 2.68. The van der Waals surface area contributed by atoms with Crippen LogP contribution in [0.3, 0.4) is 0 Å². The van der Waals surface area contributed by atoms with Gasteiger partial charge in [-0.2, -0.15) is 0 Å². The molecule has 16 heavy (non-hydrogen) atoms. The van der Waals surface area contributed by atoms with Gasteiger partial charge in [0.25, 0.3) is 0 Å². The van der Waals surface area contributed by atoms with Crippen molar-refractivity contribution >= 4 is 17.4 Å². The second kappa shape index (κ2) is 4.65. The fraction of sp³-hybridized carbons (Fsp3) is 0.500. The average Bonchev–Trinajstić information content (AvgIpc) is 2.68. The van der Waals surface area contributed by atoms with E-state index in [9.17, 15) is 10.2 Å². The Morgan fingerprint density at radius 2 is 2.12 bits per heavy atom. The molecule has 1 aliphatic heterocycles. The van der Waals surface area contributed by atoms with E-state index < -0.39 is 5.41 Å². The zero-order valence-electron chi connectivity index (χ0n) is 9.36. The number of nitrogens with one attached hydrogen (secondary N) is 1. The Bertz CT molecular complexity index is 377. The summed E-state index contributed by atoms with van der Waals surface area (Å²) in [5, 5.41) is 22.1. The molecule has 88 valence electrons. The Morgan fingerprint density at radius 3 is 2.75 bits per heavy atom. The summed E-state index contributed by atoms with van der Waals surface area (Å²) >= 11 is 1.79. The van der Waals surface area contributed by atoms with Crippen molar-refractivity contribution in [3.05, 3.63) is 23.8 Å². The first-order valence-electron chi connectivity index (χ1n) is 5.48. The normalized spacial score (nSPS) is 16.9. The van der Waals surface area contributed by atoms with E-state index in [0.29, 0.717) is 6.54 Å². The Hall–Kier alpha value is -0.710. The van der Waals surface area contributed by atoms with Crippen molar-refractivity contribution in [3.8, 4) is 0 Å². The second-order valence-corrected chi connectivity index (χ2v) is 5.43. The number of anilines is 1. The first-order valence-corrected chi connectivity index (χ1v) is 6.47. The Morgan fingerprint density at radius 1 is 1.38 bits per heavy atom. The number of thioether (sulfide) groups is 1. The Balaban J connectivity index is 2.35. The third-order valence-electron chi connectivity index (χ3n) is 3.10. The molecule has 0 aromatic heterocycles. The van der Waals surface area contributed by atoms with E-state index in [4.69, 9.17) is 0 Å². The minimum atomic E-state index is -0.509. The molecule has 0 atom stereocenters. The summed E-state index contributed by atoms with van der Waals surface area (Å²) in [5.74, 6) is 1.05. The summed E-state index contributed by atoms with van der Waals surface area (Å²) in [7, 11) is 0. The van der Waals surface area contributed by atoms with Gasteiger partial charge in [0.15, 0.2) is 0 Å². The largest absolute Gasteiger partial charge is 0.395 e. The van der Waals surface area contributed by atoms with Gasteiger partial charge in [-0.05, 0) is 23.4 Å². The van der Waals surface area contributed by atoms with Gasteiger partial charge in [-0.25, -0.2) is 0 Å². The molecule has 0 amide bonds. The summed E-state index contributed by atoms with van der Waals surface area (Å²) in [4.78, 5) is 1.22. The fourth-order valence-electron chi connectivity index (χ4n) is 2.08. The van der Waals surface area contributed by atoms with E-state index in [1.165, 1.54) is 4.90 Å². The second-order valence-electron chi connectivity index (χ2n) is 4.09. The molecule has 3 nitrogen and oxygen atoms in total. The predicted molar refractivity (Wildman–Crippen MR) is 67.2 cm³/mol. The molecule has 3 N–H and O–H groups in total. The molecular formula is C12H17NO2S. The maximum atomic E-state index is 9.43. The zero-order valence-corrected chi connectivity index (χ0v) is 10.2. The number of rotatable bonds is 4. The van der Waals surface area contributed by atoms with Gasteiger partial charge in [0.1, 0.15) is 0 Å². The smallest absolute Gasteiger partial charge is 0.0607 e. The quantitative estimate of drug-likeness (QED) is 0.696. The lowest BCUT2D eigenvalue weighted by Gasteiger charge is -2.23. The summed E-state index contributed by atoms with van der Waals surface area (Å²) in [6.07, 6.45) is 0. The van der Waals surface area contributed by atoms with Crippen molar-refractivity contribution in [1.82, 2.24) is 0 Å². The first-order chi connectivity index (χ1) is 7.75. The van der Waals surface area contributed by atoms with E-state index in [-0.39, 0.29) is 13.2 Å². The number of fused-ring (bicyclic) bond motifs is 1. The topological polar surface area (TPSA) is 52.5 Å². The highest BCUT2D eigenvalue weighted by molar-refractivity contribution is 7.99. The van der Waals surface area contributed by atoms with Crippen LogP contribution in [0.4, 0.5) is 5.69 Å². The predicted octanol–water partition coefficient (Wildman–Crippen LogP) is 1.45. The summed E-state index contributed by atoms with van der Waals surface area (Å²) in [5.41, 5.74) is 1.56. The van der Waals surface area contributed by atoms with Gasteiger partial charge in [0.05, 0.1) is 18.6 Å². The van der Waals surface area contributed by atoms with Crippen LogP contribution < -0.4 is 5.32 Å². The number of hydrogen-bond acceptors (Lipinski definition) is 4. The van der Waals surface area contributed by atoms with Crippen LogP contribution in [-0.4, -0.2) is 35.7 Å². The van der Waals surface area contributed by atoms with Gasteiger partial charge in [-0.15, -0.1) is 11.8 Å². The molecule has 0 saturated heterocycles. The van der Waals surface area contributed by atoms with Crippen LogP contribution in [0.5, 0.6) is 0 Å². The molecular weight excluding hydrogens is 222 g/mol. The van der Waals surface area contributed by atoms with Gasteiger partial charge >= 0.3 is 0 Å². The molecule has 2 rings (SSSR count). The van der Waals surface area contributed by atoms with Crippen molar-refractivity contribution < 1.29 is 10.2 Å². The lowest BCUT2D eigenvalue weighted by molar-refractivity contribution is 0.130. The Labute approximate surface area is 99.9 Å². The lowest BCUT2D eigenvalue weighted by Crippen LogP contribution is -2.36. The third-order valence-corrected chi connectivity index (χ3v) is 3.97. The van der Waals surface area contributed by atoms with Gasteiger partial charge in [0, 0.05) is 17.1 Å². The van der Waals surface area contributed by atoms with Crippen LogP contribution in [0.1, 0.15) is 12.5 Å². The highest BCUT2D eigenvalue weighted by Crippen LogP contribution is 2.38. The minimum absolute atomic E-state index is 0.0240. The van der Waals surface area contributed by atoms with Gasteiger partial charge in [0.2, 0.25) is 0 Å². The minimum Gasteiger partial charge on any atom is -0.395 e. The van der Waals surface area contributed by atoms with Gasteiger partial charge in [-0.3, -0.25) is 0 Å². The lowest BCUT2D eigenvalue weighted by atomic mass is 9.84. The molecule has 0 unspecified atom stereocenters. The molecule has 0 aliphatic carbocycles. The zero-order chi connectivity index (χ0) is 11.6. The Kier molecular flexibility index (Phi) is 3.42. The SMILES string of the molecule is CCSc1ccc2c(c1)NCC2(CO)CO. The van der Waals surface area contributed by atoms with Crippen LogP contribution in [-0.2, 0) is 5.41 Å². The van der Waals surface area contributed by atoms with Crippen molar-refractivity contribution in [2.24, 2.45) is 0 Å². The van der Waals surface area contributed by atoms with Crippen molar-refractivity contribution in [2.45, 2.75) is 17.2 Å². The van der Waals surface area contributed by atoms with Crippen LogP contribution in [0.25, 0.3) is 0 Å². The molecule has 0 saturated carbocycles. The molecule has 1 aliphatic rings. The number of benzene rings is 1. The third kappa shape index (κ3) is 1.81. The fourth-order valence-corrected chi connectivity index (χ4v) is 2.78. The number of aliphatic hydroxyl groups is 2. The number of hydrogen-bond donors (Lipinski definition) is 3. The monoisotopic (exact) mass is 239 g/mol. The summed E-state index contributed by atoms with van der Waals surface area (Å²) in [6, 6.07) is 6.16. The highest BCUT2D eigenvalue weighted by atomic mass is 32.2. The average molecular weight is 239 g/mol. The van der Waals surface area contributed by atoms with Crippen LogP contribution in [0.15, 0.2) is 23.1 Å². The molecule has 1 heterocycles. The van der Waals surface area contributed by atoms with Crippen LogP contribution >= 0.6 is 11.8 Å².